The van der Waals surface area contributed by atoms with Crippen LogP contribution in [-0.2, 0) is 23.9 Å². The molecule has 3 saturated carbocycles. The van der Waals surface area contributed by atoms with Crippen molar-refractivity contribution in [2.45, 2.75) is 92.1 Å². The topological polar surface area (TPSA) is 77.5 Å². The lowest BCUT2D eigenvalue weighted by molar-refractivity contribution is -0.163. The van der Waals surface area contributed by atoms with Crippen molar-refractivity contribution in [1.29, 1.82) is 0 Å². The number of cyclic esters (lactones) is 1. The van der Waals surface area contributed by atoms with E-state index in [1.807, 2.05) is 20.8 Å². The van der Waals surface area contributed by atoms with Gasteiger partial charge in [-0.1, -0.05) is 46.3 Å². The molecule has 0 amide bonds. The lowest BCUT2D eigenvalue weighted by Gasteiger charge is -2.62. The zero-order chi connectivity index (χ0) is 23.5. The minimum atomic E-state index is -0.767. The summed E-state index contributed by atoms with van der Waals surface area (Å²) in [5.74, 6) is -0.350. The summed E-state index contributed by atoms with van der Waals surface area (Å²) in [4.78, 5) is 52.0. The SMILES string of the molecule is CC1(C)C(=O)CC[C@]2(C)C3=CC[C@]4(C)[C@@H]([C@@]5(C)CCC(=O)O5)C(=O)C[C@@]4(C)[C@@H]3CC(=O)[C@@H]12. The quantitative estimate of drug-likeness (QED) is 0.439. The van der Waals surface area contributed by atoms with Crippen LogP contribution in [0, 0.1) is 39.4 Å². The predicted molar refractivity (Wildman–Crippen MR) is 118 cm³/mol. The summed E-state index contributed by atoms with van der Waals surface area (Å²) in [5.41, 5.74) is -1.21. The van der Waals surface area contributed by atoms with Crippen molar-refractivity contribution in [3.05, 3.63) is 11.6 Å². The minimum Gasteiger partial charge on any atom is -0.459 e. The zero-order valence-electron chi connectivity index (χ0n) is 20.3. The number of allylic oxidation sites excluding steroid dienone is 2. The first-order valence-electron chi connectivity index (χ1n) is 12.2. The molecule has 5 rings (SSSR count). The summed E-state index contributed by atoms with van der Waals surface area (Å²) in [6, 6.07) is 0. The second-order valence-corrected chi connectivity index (χ2v) is 12.8. The molecule has 4 aliphatic carbocycles. The largest absolute Gasteiger partial charge is 0.459 e. The maximum Gasteiger partial charge on any atom is 0.306 e. The van der Waals surface area contributed by atoms with Gasteiger partial charge in [-0.05, 0) is 48.3 Å². The van der Waals surface area contributed by atoms with E-state index in [0.717, 1.165) is 6.42 Å². The molecule has 5 nitrogen and oxygen atoms in total. The maximum absolute atomic E-state index is 13.7. The molecule has 1 aliphatic heterocycles. The normalized spacial score (nSPS) is 49.8. The number of rotatable bonds is 1. The number of Topliss-reactive ketones (excluding diaryl/α,β-unsaturated/α-hetero) is 3. The second kappa shape index (κ2) is 6.21. The molecule has 0 aromatic heterocycles. The van der Waals surface area contributed by atoms with Crippen LogP contribution in [0.15, 0.2) is 11.6 Å². The summed E-state index contributed by atoms with van der Waals surface area (Å²) >= 11 is 0. The molecule has 4 fully saturated rings. The van der Waals surface area contributed by atoms with Crippen LogP contribution in [0.4, 0.5) is 0 Å². The summed E-state index contributed by atoms with van der Waals surface area (Å²) in [5, 5.41) is 0. The third-order valence-corrected chi connectivity index (χ3v) is 10.8. The average molecular weight is 441 g/mol. The molecule has 1 saturated heterocycles. The summed E-state index contributed by atoms with van der Waals surface area (Å²) in [7, 11) is 0. The van der Waals surface area contributed by atoms with E-state index >= 15 is 0 Å². The van der Waals surface area contributed by atoms with Crippen molar-refractivity contribution in [3.8, 4) is 0 Å². The Morgan fingerprint density at radius 3 is 2.16 bits per heavy atom. The molecule has 0 N–H and O–H groups in total. The molecule has 5 heteroatoms. The molecule has 0 radical (unpaired) electrons. The molecule has 0 spiro atoms. The molecular formula is C27H36O5. The maximum atomic E-state index is 13.7. The first-order valence-corrected chi connectivity index (χ1v) is 12.2. The van der Waals surface area contributed by atoms with Crippen molar-refractivity contribution in [1.82, 2.24) is 0 Å². The Hall–Kier alpha value is -1.78. The number of ether oxygens (including phenoxy) is 1. The van der Waals surface area contributed by atoms with Crippen LogP contribution in [0.3, 0.4) is 0 Å². The number of hydrogen-bond acceptors (Lipinski definition) is 5. The molecule has 174 valence electrons. The van der Waals surface area contributed by atoms with E-state index < -0.39 is 11.0 Å². The van der Waals surface area contributed by atoms with E-state index in [-0.39, 0.29) is 57.3 Å². The smallest absolute Gasteiger partial charge is 0.306 e. The van der Waals surface area contributed by atoms with Gasteiger partial charge in [-0.15, -0.1) is 0 Å². The standard InChI is InChI=1S/C27H36O5/c1-23(2)19(30)8-10-24(3)15-7-11-25(4)22(27(6)12-9-20(31)32-27)18(29)14-26(25,5)16(15)13-17(28)21(23)24/h7,16,21-22H,8-14H2,1-6H3/t16-,21+,22+,24-,25-,26+,27-/m1/s1. The molecule has 0 bridgehead atoms. The van der Waals surface area contributed by atoms with Crippen molar-refractivity contribution in [2.24, 2.45) is 39.4 Å². The Kier molecular flexibility index (Phi) is 4.28. The van der Waals surface area contributed by atoms with E-state index in [4.69, 9.17) is 4.74 Å². The van der Waals surface area contributed by atoms with Crippen molar-refractivity contribution < 1.29 is 23.9 Å². The van der Waals surface area contributed by atoms with Gasteiger partial charge in [0.15, 0.2) is 0 Å². The first-order chi connectivity index (χ1) is 14.7. The van der Waals surface area contributed by atoms with Crippen LogP contribution in [0.1, 0.15) is 86.5 Å². The minimum absolute atomic E-state index is 0.00587. The highest BCUT2D eigenvalue weighted by molar-refractivity contribution is 5.96. The number of carbonyl (C=O) groups is 4. The van der Waals surface area contributed by atoms with Crippen molar-refractivity contribution in [2.75, 3.05) is 0 Å². The molecule has 5 aliphatic rings. The highest BCUT2D eigenvalue weighted by Gasteiger charge is 2.71. The second-order valence-electron chi connectivity index (χ2n) is 12.8. The Morgan fingerprint density at radius 1 is 0.844 bits per heavy atom. The van der Waals surface area contributed by atoms with Gasteiger partial charge in [0, 0.05) is 37.0 Å². The Balaban J connectivity index is 1.62. The van der Waals surface area contributed by atoms with Crippen molar-refractivity contribution in [3.63, 3.8) is 0 Å². The molecule has 0 aromatic rings. The molecule has 0 aromatic carbocycles. The van der Waals surface area contributed by atoms with Gasteiger partial charge in [0.05, 0.1) is 5.92 Å². The summed E-state index contributed by atoms with van der Waals surface area (Å²) < 4.78 is 5.78. The van der Waals surface area contributed by atoms with E-state index in [0.29, 0.717) is 38.5 Å². The Bertz CT molecular complexity index is 990. The van der Waals surface area contributed by atoms with Crippen LogP contribution in [0.2, 0.25) is 0 Å². The van der Waals surface area contributed by atoms with E-state index in [1.54, 1.807) is 0 Å². The van der Waals surface area contributed by atoms with Crippen LogP contribution < -0.4 is 0 Å². The van der Waals surface area contributed by atoms with Crippen LogP contribution in [0.25, 0.3) is 0 Å². The number of esters is 1. The zero-order valence-corrected chi connectivity index (χ0v) is 20.3. The fourth-order valence-corrected chi connectivity index (χ4v) is 9.11. The van der Waals surface area contributed by atoms with Crippen LogP contribution in [-0.4, -0.2) is 28.9 Å². The highest BCUT2D eigenvalue weighted by atomic mass is 16.6. The van der Waals surface area contributed by atoms with Crippen LogP contribution >= 0.6 is 0 Å². The lowest BCUT2D eigenvalue weighted by Crippen LogP contribution is -2.60. The van der Waals surface area contributed by atoms with Gasteiger partial charge in [0.2, 0.25) is 0 Å². The third-order valence-electron chi connectivity index (χ3n) is 10.8. The van der Waals surface area contributed by atoms with E-state index in [2.05, 4.69) is 26.8 Å². The summed E-state index contributed by atoms with van der Waals surface area (Å²) in [6.45, 7) is 12.4. The Morgan fingerprint density at radius 2 is 1.53 bits per heavy atom. The fraction of sp³-hybridized carbons (Fsp3) is 0.778. The first kappa shape index (κ1) is 22.0. The summed E-state index contributed by atoms with van der Waals surface area (Å²) in [6.07, 6.45) is 6.00. The van der Waals surface area contributed by atoms with Gasteiger partial charge in [0.1, 0.15) is 23.0 Å². The number of hydrogen-bond donors (Lipinski definition) is 0. The molecule has 7 atom stereocenters. The highest BCUT2D eigenvalue weighted by Crippen LogP contribution is 2.72. The fourth-order valence-electron chi connectivity index (χ4n) is 9.11. The van der Waals surface area contributed by atoms with Gasteiger partial charge >= 0.3 is 5.97 Å². The monoisotopic (exact) mass is 440 g/mol. The van der Waals surface area contributed by atoms with E-state index in [1.165, 1.54) is 5.57 Å². The molecule has 32 heavy (non-hydrogen) atoms. The number of fused-ring (bicyclic) bond motifs is 5. The van der Waals surface area contributed by atoms with Gasteiger partial charge in [0.25, 0.3) is 0 Å². The van der Waals surface area contributed by atoms with Gasteiger partial charge in [-0.2, -0.15) is 0 Å². The van der Waals surface area contributed by atoms with Crippen molar-refractivity contribution >= 4 is 23.3 Å². The number of carbonyl (C=O) groups excluding carboxylic acids is 4. The molecule has 1 heterocycles. The predicted octanol–water partition coefficient (Wildman–Crippen LogP) is 4.61. The van der Waals surface area contributed by atoms with Gasteiger partial charge in [-0.25, -0.2) is 0 Å². The average Bonchev–Trinajstić information content (AvgIpc) is 3.12. The van der Waals surface area contributed by atoms with Crippen LogP contribution in [0.5, 0.6) is 0 Å². The Labute approximate surface area is 190 Å². The van der Waals surface area contributed by atoms with E-state index in [9.17, 15) is 19.2 Å². The lowest BCUT2D eigenvalue weighted by atomic mass is 9.41. The number of ketones is 3. The third kappa shape index (κ3) is 2.41. The molecular weight excluding hydrogens is 404 g/mol. The van der Waals surface area contributed by atoms with Gasteiger partial charge in [-0.3, -0.25) is 19.2 Å². The molecule has 0 unspecified atom stereocenters. The van der Waals surface area contributed by atoms with Gasteiger partial charge < -0.3 is 4.74 Å².